The fourth-order valence-corrected chi connectivity index (χ4v) is 2.19. The molecule has 0 amide bonds. The third kappa shape index (κ3) is 5.25. The monoisotopic (exact) mass is 254 g/mol. The average Bonchev–Trinajstić information content (AvgIpc) is 3.24. The molecule has 2 aliphatic carbocycles. The molecule has 0 aromatic carbocycles. The number of hydrogen-bond donors (Lipinski definition) is 1. The van der Waals surface area contributed by atoms with E-state index in [4.69, 9.17) is 4.74 Å². The maximum Gasteiger partial charge on any atom is 0.0593 e. The molecule has 1 N–H and O–H groups in total. The van der Waals surface area contributed by atoms with Gasteiger partial charge in [-0.25, -0.2) is 0 Å². The molecule has 0 heterocycles. The molecule has 0 spiro atoms. The Bertz CT molecular complexity index is 239. The predicted octanol–water partition coefficient (Wildman–Crippen LogP) is 2.12. The van der Waals surface area contributed by atoms with E-state index in [0.29, 0.717) is 12.0 Å². The van der Waals surface area contributed by atoms with Gasteiger partial charge >= 0.3 is 0 Å². The summed E-state index contributed by atoms with van der Waals surface area (Å²) in [5.74, 6) is 1.59. The van der Waals surface area contributed by atoms with Gasteiger partial charge in [-0.05, 0) is 58.0 Å². The van der Waals surface area contributed by atoms with Crippen molar-refractivity contribution in [1.29, 1.82) is 0 Å². The molecule has 0 aromatic rings. The number of ether oxygens (including phenoxy) is 1. The average molecular weight is 254 g/mol. The van der Waals surface area contributed by atoms with Crippen LogP contribution in [0.15, 0.2) is 0 Å². The lowest BCUT2D eigenvalue weighted by Crippen LogP contribution is -2.40. The number of nitrogens with zero attached hydrogens (tertiary/aromatic N) is 1. The zero-order valence-electron chi connectivity index (χ0n) is 12.3. The zero-order valence-corrected chi connectivity index (χ0v) is 12.3. The van der Waals surface area contributed by atoms with E-state index in [1.54, 1.807) is 0 Å². The summed E-state index contributed by atoms with van der Waals surface area (Å²) in [5.41, 5.74) is 0. The second-order valence-corrected chi connectivity index (χ2v) is 6.40. The smallest absolute Gasteiger partial charge is 0.0593 e. The highest BCUT2D eigenvalue weighted by Crippen LogP contribution is 2.28. The highest BCUT2D eigenvalue weighted by molar-refractivity contribution is 4.83. The van der Waals surface area contributed by atoms with Crippen molar-refractivity contribution in [3.05, 3.63) is 0 Å². The first kappa shape index (κ1) is 14.3. The zero-order chi connectivity index (χ0) is 13.0. The first-order valence-corrected chi connectivity index (χ1v) is 7.68. The lowest BCUT2D eigenvalue weighted by atomic mass is 10.0. The normalized spacial score (nSPS) is 23.3. The maximum atomic E-state index is 5.71. The van der Waals surface area contributed by atoms with E-state index in [2.05, 4.69) is 31.1 Å². The van der Waals surface area contributed by atoms with Crippen molar-refractivity contribution in [2.24, 2.45) is 11.8 Å². The van der Waals surface area contributed by atoms with Gasteiger partial charge in [-0.15, -0.1) is 0 Å². The van der Waals surface area contributed by atoms with Crippen LogP contribution in [0.5, 0.6) is 0 Å². The molecule has 2 unspecified atom stereocenters. The molecular formula is C15H30N2O. The van der Waals surface area contributed by atoms with Crippen LogP contribution in [0.4, 0.5) is 0 Å². The Morgan fingerprint density at radius 3 is 2.56 bits per heavy atom. The van der Waals surface area contributed by atoms with Crippen molar-refractivity contribution >= 4 is 0 Å². The van der Waals surface area contributed by atoms with Crippen molar-refractivity contribution < 1.29 is 4.74 Å². The molecule has 0 aromatic heterocycles. The van der Waals surface area contributed by atoms with Crippen molar-refractivity contribution in [2.45, 2.75) is 51.6 Å². The van der Waals surface area contributed by atoms with Gasteiger partial charge in [0.25, 0.3) is 0 Å². The van der Waals surface area contributed by atoms with Gasteiger partial charge in [0.1, 0.15) is 0 Å². The Morgan fingerprint density at radius 2 is 1.94 bits per heavy atom. The van der Waals surface area contributed by atoms with Crippen LogP contribution in [0.3, 0.4) is 0 Å². The number of rotatable bonds is 10. The van der Waals surface area contributed by atoms with E-state index in [1.807, 2.05) is 0 Å². The standard InChI is InChI=1S/C15H30N2O/c1-12(10-16-15-6-7-15)13(2)17(3)8-9-18-11-14-4-5-14/h12-16H,4-11H2,1-3H3. The first-order valence-electron chi connectivity index (χ1n) is 7.68. The van der Waals surface area contributed by atoms with Crippen LogP contribution in [0.1, 0.15) is 39.5 Å². The highest BCUT2D eigenvalue weighted by Gasteiger charge is 2.24. The minimum atomic E-state index is 0.626. The van der Waals surface area contributed by atoms with Crippen molar-refractivity contribution in [3.63, 3.8) is 0 Å². The fourth-order valence-electron chi connectivity index (χ4n) is 2.19. The molecule has 2 atom stereocenters. The molecule has 2 rings (SSSR count). The Labute approximate surface area is 112 Å². The minimum absolute atomic E-state index is 0.626. The van der Waals surface area contributed by atoms with E-state index in [9.17, 15) is 0 Å². The number of likely N-dealkylation sites (N-methyl/N-ethyl adjacent to an activating group) is 1. The summed E-state index contributed by atoms with van der Waals surface area (Å²) in [6, 6.07) is 1.45. The Morgan fingerprint density at radius 1 is 1.22 bits per heavy atom. The minimum Gasteiger partial charge on any atom is -0.380 e. The van der Waals surface area contributed by atoms with Crippen LogP contribution >= 0.6 is 0 Å². The summed E-state index contributed by atoms with van der Waals surface area (Å²) in [4.78, 5) is 2.44. The van der Waals surface area contributed by atoms with E-state index < -0.39 is 0 Å². The van der Waals surface area contributed by atoms with E-state index in [0.717, 1.165) is 38.3 Å². The summed E-state index contributed by atoms with van der Waals surface area (Å²) >= 11 is 0. The number of nitrogens with one attached hydrogen (secondary N) is 1. The molecule has 0 aliphatic heterocycles. The lowest BCUT2D eigenvalue weighted by molar-refractivity contribution is 0.0846. The third-order valence-electron chi connectivity index (χ3n) is 4.46. The van der Waals surface area contributed by atoms with Gasteiger partial charge in [0, 0.05) is 25.2 Å². The van der Waals surface area contributed by atoms with Gasteiger partial charge in [0.05, 0.1) is 6.61 Å². The molecule has 2 fully saturated rings. The molecule has 3 heteroatoms. The predicted molar refractivity (Wildman–Crippen MR) is 75.8 cm³/mol. The second kappa shape index (κ2) is 6.88. The summed E-state index contributed by atoms with van der Waals surface area (Å²) < 4.78 is 5.71. The van der Waals surface area contributed by atoms with Gasteiger partial charge in [0.2, 0.25) is 0 Å². The quantitative estimate of drug-likeness (QED) is 0.604. The van der Waals surface area contributed by atoms with Gasteiger partial charge in [-0.2, -0.15) is 0 Å². The molecule has 0 saturated heterocycles. The second-order valence-electron chi connectivity index (χ2n) is 6.40. The summed E-state index contributed by atoms with van der Waals surface area (Å²) in [5, 5.41) is 3.62. The van der Waals surface area contributed by atoms with E-state index >= 15 is 0 Å². The van der Waals surface area contributed by atoms with Crippen LogP contribution in [0.2, 0.25) is 0 Å². The topological polar surface area (TPSA) is 24.5 Å². The van der Waals surface area contributed by atoms with E-state index in [-0.39, 0.29) is 0 Å². The van der Waals surface area contributed by atoms with Crippen molar-refractivity contribution in [1.82, 2.24) is 10.2 Å². The maximum absolute atomic E-state index is 5.71. The fraction of sp³-hybridized carbons (Fsp3) is 1.00. The molecule has 2 saturated carbocycles. The van der Waals surface area contributed by atoms with Crippen LogP contribution < -0.4 is 5.32 Å². The SMILES string of the molecule is CC(CNC1CC1)C(C)N(C)CCOCC1CC1. The molecule has 0 bridgehead atoms. The van der Waals surface area contributed by atoms with Gasteiger partial charge in [-0.3, -0.25) is 0 Å². The Balaban J connectivity index is 1.51. The highest BCUT2D eigenvalue weighted by atomic mass is 16.5. The first-order chi connectivity index (χ1) is 8.66. The van der Waals surface area contributed by atoms with Gasteiger partial charge < -0.3 is 15.0 Å². The molecular weight excluding hydrogens is 224 g/mol. The van der Waals surface area contributed by atoms with Crippen molar-refractivity contribution in [2.75, 3.05) is 33.4 Å². The summed E-state index contributed by atoms with van der Waals surface area (Å²) in [7, 11) is 2.22. The molecule has 2 aliphatic rings. The van der Waals surface area contributed by atoms with Gasteiger partial charge in [0.15, 0.2) is 0 Å². The number of hydrogen-bond acceptors (Lipinski definition) is 3. The van der Waals surface area contributed by atoms with Crippen LogP contribution in [0.25, 0.3) is 0 Å². The van der Waals surface area contributed by atoms with E-state index in [1.165, 1.54) is 25.7 Å². The molecule has 18 heavy (non-hydrogen) atoms. The Hall–Kier alpha value is -0.120. The summed E-state index contributed by atoms with van der Waals surface area (Å²) in [6.07, 6.45) is 5.53. The van der Waals surface area contributed by atoms with Crippen molar-refractivity contribution in [3.8, 4) is 0 Å². The van der Waals surface area contributed by atoms with Crippen LogP contribution in [0, 0.1) is 11.8 Å². The summed E-state index contributed by atoms with van der Waals surface area (Å²) in [6.45, 7) is 8.77. The lowest BCUT2D eigenvalue weighted by Gasteiger charge is -2.30. The molecule has 0 radical (unpaired) electrons. The molecule has 106 valence electrons. The Kier molecular flexibility index (Phi) is 5.46. The largest absolute Gasteiger partial charge is 0.380 e. The van der Waals surface area contributed by atoms with Crippen LogP contribution in [-0.4, -0.2) is 50.3 Å². The third-order valence-corrected chi connectivity index (χ3v) is 4.46. The molecule has 3 nitrogen and oxygen atoms in total. The van der Waals surface area contributed by atoms with Crippen LogP contribution in [-0.2, 0) is 4.74 Å². The van der Waals surface area contributed by atoms with Gasteiger partial charge in [-0.1, -0.05) is 6.92 Å².